The molecule has 5 nitrogen and oxygen atoms in total. The van der Waals surface area contributed by atoms with E-state index in [1.165, 1.54) is 0 Å². The molecule has 0 aliphatic carbocycles. The number of rotatable bonds is 8. The summed E-state index contributed by atoms with van der Waals surface area (Å²) in [6.45, 7) is 4.73. The average Bonchev–Trinajstić information content (AvgIpc) is 2.44. The first kappa shape index (κ1) is 17.5. The number of aryl methyl sites for hydroxylation is 1. The van der Waals surface area contributed by atoms with Gasteiger partial charge in [0, 0.05) is 31.5 Å². The molecule has 0 fully saturated rings. The average molecular weight is 293 g/mol. The highest BCUT2D eigenvalue weighted by molar-refractivity contribution is 5.96. The molecule has 0 aromatic heterocycles. The third-order valence-electron chi connectivity index (χ3n) is 3.38. The Kier molecular flexibility index (Phi) is 7.19. The third kappa shape index (κ3) is 5.73. The Hall–Kier alpha value is -1.59. The summed E-state index contributed by atoms with van der Waals surface area (Å²) in [5.74, 6) is 0.0237. The van der Waals surface area contributed by atoms with Gasteiger partial charge in [-0.25, -0.2) is 0 Å². The molecule has 2 N–H and O–H groups in total. The zero-order chi connectivity index (χ0) is 15.8. The van der Waals surface area contributed by atoms with Gasteiger partial charge < -0.3 is 20.3 Å². The Labute approximate surface area is 127 Å². The van der Waals surface area contributed by atoms with Crippen LogP contribution in [0.5, 0.6) is 0 Å². The Morgan fingerprint density at radius 3 is 2.57 bits per heavy atom. The van der Waals surface area contributed by atoms with Gasteiger partial charge in [-0.3, -0.25) is 4.79 Å². The number of ether oxygens (including phenoxy) is 1. The number of hydrogen-bond donors (Lipinski definition) is 1. The van der Waals surface area contributed by atoms with Crippen molar-refractivity contribution in [1.29, 1.82) is 0 Å². The van der Waals surface area contributed by atoms with Crippen LogP contribution in [0.1, 0.15) is 22.3 Å². The molecular formula is C16H27N3O2. The van der Waals surface area contributed by atoms with E-state index < -0.39 is 0 Å². The molecule has 0 aliphatic heterocycles. The van der Waals surface area contributed by atoms with E-state index in [2.05, 4.69) is 4.90 Å². The van der Waals surface area contributed by atoms with Gasteiger partial charge in [-0.2, -0.15) is 0 Å². The molecule has 1 aromatic rings. The fourth-order valence-corrected chi connectivity index (χ4v) is 2.13. The van der Waals surface area contributed by atoms with Crippen LogP contribution in [-0.2, 0) is 4.74 Å². The summed E-state index contributed by atoms with van der Waals surface area (Å²) >= 11 is 0. The molecule has 0 spiro atoms. The quantitative estimate of drug-likeness (QED) is 0.740. The molecule has 1 aromatic carbocycles. The fourth-order valence-electron chi connectivity index (χ4n) is 2.13. The highest BCUT2D eigenvalue weighted by atomic mass is 16.5. The smallest absolute Gasteiger partial charge is 0.254 e. The molecule has 0 radical (unpaired) electrons. The van der Waals surface area contributed by atoms with Crippen molar-refractivity contribution >= 4 is 11.6 Å². The van der Waals surface area contributed by atoms with Crippen LogP contribution in [0.2, 0.25) is 0 Å². The van der Waals surface area contributed by atoms with Gasteiger partial charge in [0.25, 0.3) is 5.91 Å². The van der Waals surface area contributed by atoms with Crippen molar-refractivity contribution < 1.29 is 9.53 Å². The molecule has 21 heavy (non-hydrogen) atoms. The lowest BCUT2D eigenvalue weighted by Crippen LogP contribution is -2.36. The number of hydrogen-bond acceptors (Lipinski definition) is 4. The van der Waals surface area contributed by atoms with Crippen LogP contribution in [-0.4, -0.2) is 63.2 Å². The first-order valence-electron chi connectivity index (χ1n) is 7.24. The van der Waals surface area contributed by atoms with Crippen LogP contribution < -0.4 is 5.73 Å². The van der Waals surface area contributed by atoms with Crippen molar-refractivity contribution in [1.82, 2.24) is 9.80 Å². The highest BCUT2D eigenvalue weighted by Crippen LogP contribution is 2.15. The highest BCUT2D eigenvalue weighted by Gasteiger charge is 2.17. The van der Waals surface area contributed by atoms with Gasteiger partial charge in [0.05, 0.1) is 6.61 Å². The molecule has 0 saturated carbocycles. The number of anilines is 1. The Bertz CT molecular complexity index is 461. The van der Waals surface area contributed by atoms with Gasteiger partial charge in [0.1, 0.15) is 0 Å². The fraction of sp³-hybridized carbons (Fsp3) is 0.562. The standard InChI is InChI=1S/C16H27N3O2/c1-13-6-7-14(17)12-15(13)16(20)19(10-11-21-4)9-5-8-18(2)3/h6-7,12H,5,8-11,17H2,1-4H3. The van der Waals surface area contributed by atoms with E-state index in [1.807, 2.05) is 38.1 Å². The topological polar surface area (TPSA) is 58.8 Å². The second-order valence-corrected chi connectivity index (χ2v) is 5.52. The van der Waals surface area contributed by atoms with Gasteiger partial charge in [-0.1, -0.05) is 6.07 Å². The van der Waals surface area contributed by atoms with Crippen LogP contribution in [0.15, 0.2) is 18.2 Å². The van der Waals surface area contributed by atoms with Crippen molar-refractivity contribution in [2.45, 2.75) is 13.3 Å². The lowest BCUT2D eigenvalue weighted by atomic mass is 10.1. The van der Waals surface area contributed by atoms with E-state index in [1.54, 1.807) is 13.2 Å². The number of benzene rings is 1. The lowest BCUT2D eigenvalue weighted by molar-refractivity contribution is 0.0688. The predicted molar refractivity (Wildman–Crippen MR) is 86.5 cm³/mol. The number of nitrogen functional groups attached to an aromatic ring is 1. The minimum absolute atomic E-state index is 0.0237. The van der Waals surface area contributed by atoms with Gasteiger partial charge in [0.2, 0.25) is 0 Å². The molecule has 0 saturated heterocycles. The molecule has 0 bridgehead atoms. The van der Waals surface area contributed by atoms with Crippen molar-refractivity contribution in [3.8, 4) is 0 Å². The maximum absolute atomic E-state index is 12.7. The molecule has 0 aliphatic rings. The zero-order valence-electron chi connectivity index (χ0n) is 13.6. The number of methoxy groups -OCH3 is 1. The van der Waals surface area contributed by atoms with Crippen LogP contribution in [0.25, 0.3) is 0 Å². The summed E-state index contributed by atoms with van der Waals surface area (Å²) in [4.78, 5) is 16.7. The second-order valence-electron chi connectivity index (χ2n) is 5.52. The third-order valence-corrected chi connectivity index (χ3v) is 3.38. The summed E-state index contributed by atoms with van der Waals surface area (Å²) in [5, 5.41) is 0. The minimum Gasteiger partial charge on any atom is -0.399 e. The van der Waals surface area contributed by atoms with Crippen molar-refractivity contribution in [2.75, 3.05) is 53.2 Å². The number of carbonyl (C=O) groups excluding carboxylic acids is 1. The second kappa shape index (κ2) is 8.64. The van der Waals surface area contributed by atoms with E-state index in [0.29, 0.717) is 30.9 Å². The minimum atomic E-state index is 0.0237. The van der Waals surface area contributed by atoms with Crippen LogP contribution in [0.3, 0.4) is 0 Å². The molecule has 1 rings (SSSR count). The van der Waals surface area contributed by atoms with Gasteiger partial charge in [0.15, 0.2) is 0 Å². The molecule has 1 amide bonds. The zero-order valence-corrected chi connectivity index (χ0v) is 13.6. The summed E-state index contributed by atoms with van der Waals surface area (Å²) in [6.07, 6.45) is 0.934. The van der Waals surface area contributed by atoms with E-state index in [4.69, 9.17) is 10.5 Å². The van der Waals surface area contributed by atoms with Crippen LogP contribution >= 0.6 is 0 Å². The van der Waals surface area contributed by atoms with Crippen molar-refractivity contribution in [2.24, 2.45) is 0 Å². The van der Waals surface area contributed by atoms with Crippen molar-refractivity contribution in [3.63, 3.8) is 0 Å². The Balaban J connectivity index is 2.80. The van der Waals surface area contributed by atoms with Crippen molar-refractivity contribution in [3.05, 3.63) is 29.3 Å². The first-order valence-corrected chi connectivity index (χ1v) is 7.24. The first-order chi connectivity index (χ1) is 9.95. The number of amides is 1. The number of nitrogens with zero attached hydrogens (tertiary/aromatic N) is 2. The van der Waals surface area contributed by atoms with Gasteiger partial charge >= 0.3 is 0 Å². The lowest BCUT2D eigenvalue weighted by Gasteiger charge is -2.24. The summed E-state index contributed by atoms with van der Waals surface area (Å²) in [7, 11) is 5.71. The van der Waals surface area contributed by atoms with E-state index in [9.17, 15) is 4.79 Å². The SMILES string of the molecule is COCCN(CCCN(C)C)C(=O)c1cc(N)ccc1C. The largest absolute Gasteiger partial charge is 0.399 e. The van der Waals surface area contributed by atoms with Crippen LogP contribution in [0.4, 0.5) is 5.69 Å². The molecule has 0 atom stereocenters. The molecule has 5 heteroatoms. The number of carbonyl (C=O) groups is 1. The summed E-state index contributed by atoms with van der Waals surface area (Å²) < 4.78 is 5.11. The molecule has 0 heterocycles. The van der Waals surface area contributed by atoms with E-state index in [-0.39, 0.29) is 5.91 Å². The maximum atomic E-state index is 12.7. The molecule has 118 valence electrons. The normalized spacial score (nSPS) is 10.9. The maximum Gasteiger partial charge on any atom is 0.254 e. The number of nitrogens with two attached hydrogens (primary N) is 1. The predicted octanol–water partition coefficient (Wildman–Crippen LogP) is 1.62. The molecule has 0 unspecified atom stereocenters. The summed E-state index contributed by atoms with van der Waals surface area (Å²) in [5.41, 5.74) is 8.04. The van der Waals surface area contributed by atoms with Gasteiger partial charge in [-0.15, -0.1) is 0 Å². The van der Waals surface area contributed by atoms with Gasteiger partial charge in [-0.05, 0) is 51.7 Å². The summed E-state index contributed by atoms with van der Waals surface area (Å²) in [6, 6.07) is 5.46. The van der Waals surface area contributed by atoms with E-state index >= 15 is 0 Å². The van der Waals surface area contributed by atoms with E-state index in [0.717, 1.165) is 18.5 Å². The Morgan fingerprint density at radius 2 is 1.95 bits per heavy atom. The van der Waals surface area contributed by atoms with Crippen LogP contribution in [0, 0.1) is 6.92 Å². The Morgan fingerprint density at radius 1 is 1.24 bits per heavy atom. The monoisotopic (exact) mass is 293 g/mol. The molecular weight excluding hydrogens is 266 g/mol.